The lowest BCUT2D eigenvalue weighted by molar-refractivity contribution is 0.0992. The molecule has 10 heteroatoms. The molecule has 5 rings (SSSR count). The molecule has 10 nitrogen and oxygen atoms in total. The van der Waals surface area contributed by atoms with Crippen LogP contribution in [0.15, 0.2) is 24.3 Å². The quantitative estimate of drug-likeness (QED) is 0.366. The summed E-state index contributed by atoms with van der Waals surface area (Å²) in [5.74, 6) is 0.436. The molecule has 2 aromatic heterocycles. The van der Waals surface area contributed by atoms with Gasteiger partial charge in [-0.3, -0.25) is 9.69 Å². The van der Waals surface area contributed by atoms with Gasteiger partial charge in [-0.15, -0.1) is 0 Å². The smallest absolute Gasteiger partial charge is 0.320 e. The van der Waals surface area contributed by atoms with Crippen molar-refractivity contribution in [3.63, 3.8) is 0 Å². The molecule has 1 saturated heterocycles. The highest BCUT2D eigenvalue weighted by Crippen LogP contribution is 2.38. The van der Waals surface area contributed by atoms with Crippen LogP contribution in [0, 0.1) is 0 Å². The number of nitrogen functional groups attached to an aromatic ring is 1. The number of rotatable bonds is 10. The zero-order chi connectivity index (χ0) is 25.3. The summed E-state index contributed by atoms with van der Waals surface area (Å²) >= 11 is 0. The molecule has 1 amide bonds. The summed E-state index contributed by atoms with van der Waals surface area (Å²) in [6.07, 6.45) is 4.40. The molecule has 1 saturated carbocycles. The molecule has 2 fully saturated rings. The van der Waals surface area contributed by atoms with Crippen LogP contribution >= 0.6 is 0 Å². The molecule has 1 aromatic carbocycles. The van der Waals surface area contributed by atoms with Crippen molar-refractivity contribution in [2.24, 2.45) is 5.73 Å². The number of piperazine rings is 1. The lowest BCUT2D eigenvalue weighted by atomic mass is 10.1. The second-order valence-corrected chi connectivity index (χ2v) is 9.87. The Bertz CT molecular complexity index is 1270. The Morgan fingerprint density at radius 2 is 2.06 bits per heavy atom. The van der Waals surface area contributed by atoms with E-state index >= 15 is 0 Å². The molecular formula is C26H35N7O3. The van der Waals surface area contributed by atoms with Gasteiger partial charge in [-0.2, -0.15) is 9.97 Å². The number of nitrogens with zero attached hydrogens (tertiary/aromatic N) is 4. The topological polar surface area (TPSA) is 134 Å². The van der Waals surface area contributed by atoms with Crippen LogP contribution in [0.2, 0.25) is 0 Å². The van der Waals surface area contributed by atoms with E-state index in [0.29, 0.717) is 35.4 Å². The molecule has 3 aromatic rings. The minimum absolute atomic E-state index is 0.190. The van der Waals surface area contributed by atoms with E-state index in [2.05, 4.69) is 39.2 Å². The Kier molecular flexibility index (Phi) is 6.72. The molecule has 5 N–H and O–H groups in total. The number of hydrogen-bond acceptors (Lipinski definition) is 8. The Morgan fingerprint density at radius 3 is 2.78 bits per heavy atom. The predicted octanol–water partition coefficient (Wildman–Crippen LogP) is 2.29. The highest BCUT2D eigenvalue weighted by Gasteiger charge is 2.45. The number of nitrogens with one attached hydrogen (secondary N) is 1. The van der Waals surface area contributed by atoms with Gasteiger partial charge >= 0.3 is 6.01 Å². The Balaban J connectivity index is 1.43. The highest BCUT2D eigenvalue weighted by atomic mass is 16.5. The zero-order valence-electron chi connectivity index (χ0n) is 21.0. The van der Waals surface area contributed by atoms with Gasteiger partial charge < -0.3 is 30.8 Å². The molecule has 1 aliphatic heterocycles. The molecular weight excluding hydrogens is 458 g/mol. The molecule has 0 bridgehead atoms. The van der Waals surface area contributed by atoms with E-state index in [0.717, 1.165) is 50.3 Å². The Labute approximate surface area is 211 Å². The van der Waals surface area contributed by atoms with Crippen molar-refractivity contribution in [2.45, 2.75) is 51.2 Å². The molecule has 0 radical (unpaired) electrons. The number of fused-ring (bicyclic) bond motifs is 1. The van der Waals surface area contributed by atoms with Gasteiger partial charge in [0.1, 0.15) is 22.9 Å². The van der Waals surface area contributed by atoms with Crippen LogP contribution in [-0.2, 0) is 13.1 Å². The number of anilines is 1. The number of amides is 1. The summed E-state index contributed by atoms with van der Waals surface area (Å²) in [6, 6.07) is 8.08. The van der Waals surface area contributed by atoms with Gasteiger partial charge in [-0.25, -0.2) is 0 Å². The zero-order valence-corrected chi connectivity index (χ0v) is 21.0. The average Bonchev–Trinajstić information content (AvgIpc) is 3.49. The summed E-state index contributed by atoms with van der Waals surface area (Å²) in [7, 11) is 1.66. The number of unbranched alkanes of at least 4 members (excludes halogenated alkanes) is 1. The number of methoxy groups -OCH3 is 1. The molecule has 3 heterocycles. The van der Waals surface area contributed by atoms with Gasteiger partial charge in [0.2, 0.25) is 0 Å². The number of primary amides is 1. The fourth-order valence-electron chi connectivity index (χ4n) is 4.97. The van der Waals surface area contributed by atoms with Crippen molar-refractivity contribution in [3.8, 4) is 11.8 Å². The van der Waals surface area contributed by atoms with E-state index in [-0.39, 0.29) is 11.8 Å². The average molecular weight is 494 g/mol. The third kappa shape index (κ3) is 4.96. The first-order valence-corrected chi connectivity index (χ1v) is 12.6. The van der Waals surface area contributed by atoms with Gasteiger partial charge in [-0.1, -0.05) is 25.5 Å². The van der Waals surface area contributed by atoms with Crippen LogP contribution in [0.3, 0.4) is 0 Å². The summed E-state index contributed by atoms with van der Waals surface area (Å²) in [5, 5.41) is 4.22. The van der Waals surface area contributed by atoms with Gasteiger partial charge in [0.25, 0.3) is 5.91 Å². The Morgan fingerprint density at radius 1 is 1.22 bits per heavy atom. The van der Waals surface area contributed by atoms with Crippen LogP contribution in [0.5, 0.6) is 11.8 Å². The fourth-order valence-corrected chi connectivity index (χ4v) is 4.97. The number of benzene rings is 1. The summed E-state index contributed by atoms with van der Waals surface area (Å²) < 4.78 is 13.2. The Hall–Kier alpha value is -3.37. The van der Waals surface area contributed by atoms with Crippen molar-refractivity contribution >= 4 is 22.8 Å². The first-order valence-electron chi connectivity index (χ1n) is 12.6. The standard InChI is InChI=1S/C26H35N7O3/c1-3-4-11-36-25-30-22(27)19-13-20(23(28)34)33(24(19)31-25)15-18-6-5-17(12-21(18)35-2)14-32-10-9-29-26(16-32)7-8-26/h5-6,12-13,29H,3-4,7-11,14-16H2,1-2H3,(H2,28,34)(H2,27,30,31). The highest BCUT2D eigenvalue weighted by molar-refractivity contribution is 5.99. The van der Waals surface area contributed by atoms with E-state index in [9.17, 15) is 4.79 Å². The largest absolute Gasteiger partial charge is 0.496 e. The maximum atomic E-state index is 12.3. The van der Waals surface area contributed by atoms with Gasteiger partial charge in [-0.05, 0) is 37.0 Å². The first-order chi connectivity index (χ1) is 17.4. The van der Waals surface area contributed by atoms with Crippen molar-refractivity contribution in [2.75, 3.05) is 39.1 Å². The monoisotopic (exact) mass is 493 g/mol. The maximum Gasteiger partial charge on any atom is 0.320 e. The molecule has 0 unspecified atom stereocenters. The minimum atomic E-state index is -0.566. The van der Waals surface area contributed by atoms with Gasteiger partial charge in [0.05, 0.1) is 25.6 Å². The normalized spacial score (nSPS) is 16.9. The minimum Gasteiger partial charge on any atom is -0.496 e. The lowest BCUT2D eigenvalue weighted by Gasteiger charge is -2.34. The molecule has 0 atom stereocenters. The number of carbonyl (C=O) groups excluding carboxylic acids is 1. The molecule has 1 aliphatic carbocycles. The molecule has 2 aliphatic rings. The summed E-state index contributed by atoms with van der Waals surface area (Å²) in [4.78, 5) is 23.6. The van der Waals surface area contributed by atoms with E-state index in [1.807, 2.05) is 6.07 Å². The van der Waals surface area contributed by atoms with Crippen molar-refractivity contribution in [1.29, 1.82) is 0 Å². The second kappa shape index (κ2) is 9.94. The SMILES string of the molecule is CCCCOc1nc(N)c2cc(C(N)=O)n(Cc3ccc(CN4CCNC5(CC5)C4)cc3OC)c2n1. The van der Waals surface area contributed by atoms with Crippen LogP contribution in [0.4, 0.5) is 5.82 Å². The maximum absolute atomic E-state index is 12.3. The number of ether oxygens (including phenoxy) is 2. The fraction of sp³-hybridized carbons (Fsp3) is 0.500. The van der Waals surface area contributed by atoms with E-state index in [4.69, 9.17) is 20.9 Å². The van der Waals surface area contributed by atoms with E-state index < -0.39 is 5.91 Å². The predicted molar refractivity (Wildman–Crippen MR) is 138 cm³/mol. The molecule has 192 valence electrons. The molecule has 1 spiro atoms. The van der Waals surface area contributed by atoms with Crippen LogP contribution in [0.25, 0.3) is 11.0 Å². The summed E-state index contributed by atoms with van der Waals surface area (Å²) in [6.45, 7) is 6.94. The summed E-state index contributed by atoms with van der Waals surface area (Å²) in [5.41, 5.74) is 15.2. The molecule has 36 heavy (non-hydrogen) atoms. The number of nitrogens with two attached hydrogens (primary N) is 2. The number of carbonyl (C=O) groups is 1. The number of hydrogen-bond donors (Lipinski definition) is 3. The second-order valence-electron chi connectivity index (χ2n) is 9.87. The first kappa shape index (κ1) is 24.3. The van der Waals surface area contributed by atoms with E-state index in [1.54, 1.807) is 17.7 Å². The van der Waals surface area contributed by atoms with Gasteiger partial charge in [0, 0.05) is 37.3 Å². The van der Waals surface area contributed by atoms with Crippen molar-refractivity contribution < 1.29 is 14.3 Å². The van der Waals surface area contributed by atoms with Crippen LogP contribution < -0.4 is 26.3 Å². The van der Waals surface area contributed by atoms with Gasteiger partial charge in [0.15, 0.2) is 0 Å². The van der Waals surface area contributed by atoms with Crippen molar-refractivity contribution in [3.05, 3.63) is 41.1 Å². The van der Waals surface area contributed by atoms with Crippen molar-refractivity contribution in [1.82, 2.24) is 24.8 Å². The van der Waals surface area contributed by atoms with Crippen LogP contribution in [0.1, 0.15) is 54.2 Å². The number of aromatic nitrogens is 3. The van der Waals surface area contributed by atoms with Crippen LogP contribution in [-0.4, -0.2) is 64.2 Å². The third-order valence-corrected chi connectivity index (χ3v) is 7.14. The van der Waals surface area contributed by atoms with E-state index in [1.165, 1.54) is 18.4 Å². The lowest BCUT2D eigenvalue weighted by Crippen LogP contribution is -2.51. The third-order valence-electron chi connectivity index (χ3n) is 7.14.